The van der Waals surface area contributed by atoms with Crippen LogP contribution in [0.25, 0.3) is 0 Å². The van der Waals surface area contributed by atoms with Crippen LogP contribution in [0.15, 0.2) is 0 Å². The number of hydrogen-bond acceptors (Lipinski definition) is 2. The van der Waals surface area contributed by atoms with E-state index < -0.39 is 0 Å². The van der Waals surface area contributed by atoms with Crippen LogP contribution in [0.5, 0.6) is 0 Å². The quantitative estimate of drug-likeness (QED) is 0.428. The lowest BCUT2D eigenvalue weighted by Gasteiger charge is -2.06. The van der Waals surface area contributed by atoms with Gasteiger partial charge in [-0.2, -0.15) is 0 Å². The number of halogens is 2. The van der Waals surface area contributed by atoms with E-state index in [4.69, 9.17) is 4.74 Å². The Bertz CT molecular complexity index is 128. The van der Waals surface area contributed by atoms with Crippen LogP contribution in [0.3, 0.4) is 0 Å². The molecule has 0 aliphatic heterocycles. The Labute approximate surface area is 90.3 Å². The molecule has 1 unspecified atom stereocenters. The molecule has 0 bridgehead atoms. The minimum atomic E-state index is -0.209. The van der Waals surface area contributed by atoms with E-state index in [2.05, 4.69) is 38.8 Å². The molecule has 0 spiro atoms. The molecule has 0 aromatic carbocycles. The summed E-state index contributed by atoms with van der Waals surface area (Å²) in [6, 6.07) is 0. The van der Waals surface area contributed by atoms with Crippen molar-refractivity contribution in [2.45, 2.75) is 31.0 Å². The van der Waals surface area contributed by atoms with Crippen LogP contribution >= 0.6 is 31.9 Å². The maximum Gasteiger partial charge on any atom is 0.320 e. The van der Waals surface area contributed by atoms with E-state index in [9.17, 15) is 4.79 Å². The van der Waals surface area contributed by atoms with Gasteiger partial charge in [-0.3, -0.25) is 4.79 Å². The fourth-order valence-electron chi connectivity index (χ4n) is 0.678. The Morgan fingerprint density at radius 2 is 2.17 bits per heavy atom. The van der Waals surface area contributed by atoms with Crippen molar-refractivity contribution in [3.8, 4) is 0 Å². The largest absolute Gasteiger partial charge is 0.465 e. The molecule has 72 valence electrons. The summed E-state index contributed by atoms with van der Waals surface area (Å²) < 4.78 is 4.98. The highest BCUT2D eigenvalue weighted by Gasteiger charge is 2.13. The van der Waals surface area contributed by atoms with Gasteiger partial charge in [-0.1, -0.05) is 51.6 Å². The van der Waals surface area contributed by atoms with Crippen LogP contribution in [-0.2, 0) is 9.53 Å². The predicted octanol–water partition coefficient (Wildman–Crippen LogP) is 2.88. The van der Waals surface area contributed by atoms with Gasteiger partial charge in [-0.05, 0) is 6.42 Å². The minimum Gasteiger partial charge on any atom is -0.465 e. The third-order valence-corrected chi connectivity index (χ3v) is 3.60. The van der Waals surface area contributed by atoms with E-state index >= 15 is 0 Å². The van der Waals surface area contributed by atoms with Crippen LogP contribution in [0.4, 0.5) is 0 Å². The highest BCUT2D eigenvalue weighted by molar-refractivity contribution is 9.12. The van der Waals surface area contributed by atoms with Gasteiger partial charge in [-0.15, -0.1) is 0 Å². The zero-order chi connectivity index (χ0) is 9.40. The molecular weight excluding hydrogens is 288 g/mol. The molecule has 0 N–H and O–H groups in total. The highest BCUT2D eigenvalue weighted by Crippen LogP contribution is 2.06. The Balaban J connectivity index is 3.31. The molecule has 0 aliphatic carbocycles. The average molecular weight is 302 g/mol. The summed E-state index contributed by atoms with van der Waals surface area (Å²) in [5.74, 6) is -0.178. The summed E-state index contributed by atoms with van der Waals surface area (Å²) >= 11 is 6.38. The topological polar surface area (TPSA) is 26.3 Å². The van der Waals surface area contributed by atoms with Crippen LogP contribution < -0.4 is 0 Å². The Morgan fingerprint density at radius 1 is 1.50 bits per heavy atom. The molecule has 1 atom stereocenters. The van der Waals surface area contributed by atoms with Gasteiger partial charge in [0.15, 0.2) is 0 Å². The number of carbonyl (C=O) groups is 1. The van der Waals surface area contributed by atoms with Gasteiger partial charge in [-0.25, -0.2) is 0 Å². The van der Waals surface area contributed by atoms with Crippen LogP contribution in [0.2, 0.25) is 0 Å². The SMILES string of the molecule is CCCCCOC(=O)C(Br)CBr. The first kappa shape index (κ1) is 12.4. The van der Waals surface area contributed by atoms with Gasteiger partial charge in [0.2, 0.25) is 0 Å². The van der Waals surface area contributed by atoms with Crippen LogP contribution in [0.1, 0.15) is 26.2 Å². The fourth-order valence-corrected chi connectivity index (χ4v) is 1.07. The first-order valence-corrected chi connectivity index (χ1v) is 6.12. The van der Waals surface area contributed by atoms with Crippen LogP contribution in [0, 0.1) is 0 Å². The van der Waals surface area contributed by atoms with Crippen molar-refractivity contribution in [1.29, 1.82) is 0 Å². The first-order valence-electron chi connectivity index (χ1n) is 4.09. The maximum atomic E-state index is 11.0. The number of carbonyl (C=O) groups excluding carboxylic acids is 1. The molecule has 0 radical (unpaired) electrons. The van der Waals surface area contributed by atoms with E-state index in [0.29, 0.717) is 11.9 Å². The van der Waals surface area contributed by atoms with Crippen molar-refractivity contribution < 1.29 is 9.53 Å². The molecule has 0 aromatic rings. The molecule has 0 saturated heterocycles. The van der Waals surface area contributed by atoms with Crippen molar-refractivity contribution in [3.05, 3.63) is 0 Å². The van der Waals surface area contributed by atoms with E-state index in [1.807, 2.05) is 0 Å². The second kappa shape index (κ2) is 8.05. The summed E-state index contributed by atoms with van der Waals surface area (Å²) in [5.41, 5.74) is 0. The van der Waals surface area contributed by atoms with Gasteiger partial charge in [0.25, 0.3) is 0 Å². The zero-order valence-electron chi connectivity index (χ0n) is 7.19. The molecule has 0 aliphatic rings. The predicted molar refractivity (Wildman–Crippen MR) is 57.0 cm³/mol. The number of alkyl halides is 2. The van der Waals surface area contributed by atoms with Crippen molar-refractivity contribution in [2.75, 3.05) is 11.9 Å². The van der Waals surface area contributed by atoms with E-state index in [1.54, 1.807) is 0 Å². The maximum absolute atomic E-state index is 11.0. The first-order chi connectivity index (χ1) is 5.72. The standard InChI is InChI=1S/C8H14Br2O2/c1-2-3-4-5-12-8(11)7(10)6-9/h7H,2-6H2,1H3. The van der Waals surface area contributed by atoms with E-state index in [0.717, 1.165) is 19.3 Å². The van der Waals surface area contributed by atoms with E-state index in [-0.39, 0.29) is 10.8 Å². The van der Waals surface area contributed by atoms with Crippen molar-refractivity contribution in [1.82, 2.24) is 0 Å². The summed E-state index contributed by atoms with van der Waals surface area (Å²) in [7, 11) is 0. The van der Waals surface area contributed by atoms with Crippen molar-refractivity contribution in [2.24, 2.45) is 0 Å². The van der Waals surface area contributed by atoms with Crippen molar-refractivity contribution in [3.63, 3.8) is 0 Å². The molecule has 0 rings (SSSR count). The molecule has 2 nitrogen and oxygen atoms in total. The monoisotopic (exact) mass is 300 g/mol. The normalized spacial score (nSPS) is 12.6. The summed E-state index contributed by atoms with van der Waals surface area (Å²) in [4.78, 5) is 10.8. The van der Waals surface area contributed by atoms with Crippen LogP contribution in [-0.4, -0.2) is 22.7 Å². The fraction of sp³-hybridized carbons (Fsp3) is 0.875. The second-order valence-corrected chi connectivity index (χ2v) is 4.25. The lowest BCUT2D eigenvalue weighted by Crippen LogP contribution is -2.19. The summed E-state index contributed by atoms with van der Waals surface area (Å²) in [6.07, 6.45) is 3.23. The average Bonchev–Trinajstić information content (AvgIpc) is 2.10. The number of unbranched alkanes of at least 4 members (excludes halogenated alkanes) is 2. The molecule has 0 heterocycles. The molecular formula is C8H14Br2O2. The molecule has 12 heavy (non-hydrogen) atoms. The molecule has 4 heteroatoms. The van der Waals surface area contributed by atoms with Crippen molar-refractivity contribution >= 4 is 37.8 Å². The van der Waals surface area contributed by atoms with Gasteiger partial charge in [0.1, 0.15) is 4.83 Å². The number of rotatable bonds is 6. The Morgan fingerprint density at radius 3 is 2.67 bits per heavy atom. The Hall–Kier alpha value is 0.430. The summed E-state index contributed by atoms with van der Waals surface area (Å²) in [6.45, 7) is 2.66. The lowest BCUT2D eigenvalue weighted by atomic mass is 10.3. The van der Waals surface area contributed by atoms with E-state index in [1.165, 1.54) is 0 Å². The lowest BCUT2D eigenvalue weighted by molar-refractivity contribution is -0.142. The zero-order valence-corrected chi connectivity index (χ0v) is 10.4. The number of esters is 1. The number of ether oxygens (including phenoxy) is 1. The highest BCUT2D eigenvalue weighted by atomic mass is 79.9. The van der Waals surface area contributed by atoms with Gasteiger partial charge in [0.05, 0.1) is 6.61 Å². The van der Waals surface area contributed by atoms with Gasteiger partial charge < -0.3 is 4.74 Å². The second-order valence-electron chi connectivity index (χ2n) is 2.50. The van der Waals surface area contributed by atoms with Gasteiger partial charge in [0, 0.05) is 5.33 Å². The minimum absolute atomic E-state index is 0.178. The third kappa shape index (κ3) is 6.00. The third-order valence-electron chi connectivity index (χ3n) is 1.38. The molecule has 0 amide bonds. The Kier molecular flexibility index (Phi) is 8.34. The summed E-state index contributed by atoms with van der Waals surface area (Å²) in [5, 5.41) is 0.597. The molecule has 0 fully saturated rings. The van der Waals surface area contributed by atoms with Gasteiger partial charge >= 0.3 is 5.97 Å². The number of hydrogen-bond donors (Lipinski definition) is 0. The molecule has 0 aromatic heterocycles. The smallest absolute Gasteiger partial charge is 0.320 e. The molecule has 0 saturated carbocycles.